The number of esters is 2. The van der Waals surface area contributed by atoms with Crippen LogP contribution in [0.3, 0.4) is 0 Å². The minimum Gasteiger partial charge on any atom is -0.469 e. The topological polar surface area (TPSA) is 156 Å². The van der Waals surface area contributed by atoms with E-state index in [1.807, 2.05) is 26.8 Å². The van der Waals surface area contributed by atoms with E-state index in [0.29, 0.717) is 57.4 Å². The predicted molar refractivity (Wildman–Crippen MR) is 176 cm³/mol. The van der Waals surface area contributed by atoms with Crippen LogP contribution in [0, 0.1) is 11.8 Å². The van der Waals surface area contributed by atoms with Crippen molar-refractivity contribution in [3.05, 3.63) is 92.7 Å². The molecule has 6 rings (SSSR count). The first kappa shape index (κ1) is 31.8. The Morgan fingerprint density at radius 1 is 0.979 bits per heavy atom. The molecule has 5 heterocycles. The summed E-state index contributed by atoms with van der Waals surface area (Å²) in [6.45, 7) is 11.4. The van der Waals surface area contributed by atoms with Crippen LogP contribution in [0.15, 0.2) is 113 Å². The molecule has 47 heavy (non-hydrogen) atoms. The number of carbonyl (C=O) groups is 4. The zero-order chi connectivity index (χ0) is 33.9. The lowest BCUT2D eigenvalue weighted by atomic mass is 9.82. The van der Waals surface area contributed by atoms with Crippen molar-refractivity contribution in [3.63, 3.8) is 0 Å². The van der Waals surface area contributed by atoms with Gasteiger partial charge in [-0.15, -0.1) is 0 Å². The third kappa shape index (κ3) is 4.59. The van der Waals surface area contributed by atoms with Crippen molar-refractivity contribution in [2.45, 2.75) is 52.6 Å². The monoisotopic (exact) mass is 634 g/mol. The number of aliphatic imine (C=N–C) groups is 4. The minimum absolute atomic E-state index is 0.0338. The number of ether oxygens (including phenoxy) is 2. The van der Waals surface area contributed by atoms with E-state index in [2.05, 4.69) is 6.58 Å². The van der Waals surface area contributed by atoms with Gasteiger partial charge in [-0.2, -0.15) is 0 Å². The fourth-order valence-electron chi connectivity index (χ4n) is 7.01. The van der Waals surface area contributed by atoms with Gasteiger partial charge < -0.3 is 14.6 Å². The Balaban J connectivity index is 1.72. The predicted octanol–water partition coefficient (Wildman–Crippen LogP) is 4.14. The Morgan fingerprint density at radius 3 is 2.30 bits per heavy atom. The number of hydrogen-bond acceptors (Lipinski definition) is 11. The van der Waals surface area contributed by atoms with Crippen LogP contribution in [-0.4, -0.2) is 71.8 Å². The summed E-state index contributed by atoms with van der Waals surface area (Å²) >= 11 is 0. The molecule has 6 aliphatic rings. The number of Topliss-reactive ketones (excluding diaryl/α,β-unsaturated/α-hetero) is 1. The van der Waals surface area contributed by atoms with E-state index in [4.69, 9.17) is 29.4 Å². The van der Waals surface area contributed by atoms with E-state index < -0.39 is 29.2 Å². The van der Waals surface area contributed by atoms with Gasteiger partial charge in [-0.3, -0.25) is 19.4 Å². The molecule has 0 spiro atoms. The summed E-state index contributed by atoms with van der Waals surface area (Å²) in [4.78, 5) is 71.6. The standard InChI is InChI=1S/C36H34N4O7/c1-8-19-16(3)23-12-24-17(4)21(10-11-29(42)46-6)32(39-24)31-33-30(34(43)36(31,45)35(44)47-7)18(5)25(40-33)13-27-20(9-2)22(15-41)28(38-27)14-26(19)37-23/h8,12-15,17,21,45H,1,9-11H2,2-7H3. The van der Waals surface area contributed by atoms with E-state index in [1.165, 1.54) is 7.11 Å². The third-order valence-electron chi connectivity index (χ3n) is 9.64. The molecule has 11 heteroatoms. The van der Waals surface area contributed by atoms with Gasteiger partial charge in [-0.25, -0.2) is 19.8 Å². The highest BCUT2D eigenvalue weighted by Crippen LogP contribution is 2.49. The Labute approximate surface area is 271 Å². The molecule has 0 aromatic rings. The number of allylic oxidation sites excluding steroid dienone is 10. The second-order valence-corrected chi connectivity index (χ2v) is 12.0. The maximum Gasteiger partial charge on any atom is 0.351 e. The highest BCUT2D eigenvalue weighted by atomic mass is 16.5. The van der Waals surface area contributed by atoms with Crippen molar-refractivity contribution in [1.82, 2.24) is 0 Å². The molecule has 3 unspecified atom stereocenters. The Kier molecular flexibility index (Phi) is 7.83. The molecule has 3 atom stereocenters. The van der Waals surface area contributed by atoms with Gasteiger partial charge in [-0.1, -0.05) is 26.5 Å². The molecule has 240 valence electrons. The summed E-state index contributed by atoms with van der Waals surface area (Å²) in [5.74, 6) is -3.31. The Hall–Kier alpha value is -5.16. The van der Waals surface area contributed by atoms with E-state index in [0.717, 1.165) is 24.5 Å². The zero-order valence-electron chi connectivity index (χ0n) is 27.1. The van der Waals surface area contributed by atoms with Gasteiger partial charge in [0.2, 0.25) is 5.78 Å². The van der Waals surface area contributed by atoms with E-state index in [-0.39, 0.29) is 41.3 Å². The number of fused-ring (bicyclic) bond motifs is 4. The molecule has 5 aliphatic heterocycles. The van der Waals surface area contributed by atoms with Crippen molar-refractivity contribution < 1.29 is 33.8 Å². The molecule has 1 saturated carbocycles. The highest BCUT2D eigenvalue weighted by molar-refractivity contribution is 6.46. The maximum atomic E-state index is 14.1. The molecular formula is C36H34N4O7. The molecule has 0 aromatic heterocycles. The van der Waals surface area contributed by atoms with Crippen LogP contribution in [0.25, 0.3) is 0 Å². The molecule has 0 saturated heterocycles. The number of aliphatic hydroxyl groups is 1. The summed E-state index contributed by atoms with van der Waals surface area (Å²) in [5, 5.41) is 12.0. The number of ketones is 1. The van der Waals surface area contributed by atoms with Gasteiger partial charge in [-0.05, 0) is 61.6 Å². The summed E-state index contributed by atoms with van der Waals surface area (Å²) < 4.78 is 9.89. The molecular weight excluding hydrogens is 600 g/mol. The van der Waals surface area contributed by atoms with Crippen LogP contribution in [0.1, 0.15) is 47.0 Å². The number of carbonyl (C=O) groups excluding carboxylic acids is 4. The van der Waals surface area contributed by atoms with Crippen LogP contribution in [0.2, 0.25) is 0 Å². The molecule has 0 radical (unpaired) electrons. The van der Waals surface area contributed by atoms with Crippen molar-refractivity contribution in [3.8, 4) is 0 Å². The first-order valence-corrected chi connectivity index (χ1v) is 15.4. The smallest absolute Gasteiger partial charge is 0.351 e. The molecule has 0 amide bonds. The Bertz CT molecular complexity index is 1970. The summed E-state index contributed by atoms with van der Waals surface area (Å²) in [6, 6.07) is 0. The Morgan fingerprint density at radius 2 is 1.66 bits per heavy atom. The van der Waals surface area contributed by atoms with Crippen LogP contribution in [0.4, 0.5) is 0 Å². The highest BCUT2D eigenvalue weighted by Gasteiger charge is 2.62. The van der Waals surface area contributed by atoms with Crippen LogP contribution < -0.4 is 0 Å². The van der Waals surface area contributed by atoms with Crippen molar-refractivity contribution in [2.75, 3.05) is 14.2 Å². The normalized spacial score (nSPS) is 26.2. The van der Waals surface area contributed by atoms with Crippen molar-refractivity contribution in [1.29, 1.82) is 0 Å². The molecule has 11 nitrogen and oxygen atoms in total. The fourth-order valence-corrected chi connectivity index (χ4v) is 7.01. The number of rotatable bonds is 7. The summed E-state index contributed by atoms with van der Waals surface area (Å²) in [6.07, 6.45) is 8.54. The lowest BCUT2D eigenvalue weighted by Crippen LogP contribution is -2.46. The van der Waals surface area contributed by atoms with E-state index in [9.17, 15) is 24.3 Å². The van der Waals surface area contributed by atoms with Gasteiger partial charge in [0.05, 0.1) is 65.3 Å². The van der Waals surface area contributed by atoms with E-state index in [1.54, 1.807) is 25.2 Å². The van der Waals surface area contributed by atoms with Gasteiger partial charge in [0.1, 0.15) is 0 Å². The third-order valence-corrected chi connectivity index (χ3v) is 9.64. The molecule has 1 aliphatic carbocycles. The van der Waals surface area contributed by atoms with Crippen LogP contribution >= 0.6 is 0 Å². The second-order valence-electron chi connectivity index (χ2n) is 12.0. The fraction of sp³-hybridized carbons (Fsp3) is 0.333. The second kappa shape index (κ2) is 11.6. The van der Waals surface area contributed by atoms with Crippen LogP contribution in [-0.2, 0) is 28.7 Å². The van der Waals surface area contributed by atoms with Gasteiger partial charge >= 0.3 is 11.9 Å². The van der Waals surface area contributed by atoms with Gasteiger partial charge in [0.15, 0.2) is 6.29 Å². The number of aldehydes is 1. The lowest BCUT2D eigenvalue weighted by Gasteiger charge is -2.24. The first-order chi connectivity index (χ1) is 22.4. The molecule has 0 aromatic carbocycles. The number of hydrogen-bond donors (Lipinski definition) is 1. The number of nitrogens with zero attached hydrogens (tertiary/aromatic N) is 4. The lowest BCUT2D eigenvalue weighted by molar-refractivity contribution is -0.161. The van der Waals surface area contributed by atoms with E-state index >= 15 is 0 Å². The number of methoxy groups -OCH3 is 2. The minimum atomic E-state index is -2.71. The van der Waals surface area contributed by atoms with Crippen molar-refractivity contribution >= 4 is 46.9 Å². The quantitative estimate of drug-likeness (QED) is 0.251. The maximum absolute atomic E-state index is 14.1. The summed E-state index contributed by atoms with van der Waals surface area (Å²) in [7, 11) is 2.40. The largest absolute Gasteiger partial charge is 0.469 e. The van der Waals surface area contributed by atoms with Gasteiger partial charge in [0.25, 0.3) is 5.60 Å². The molecule has 1 fully saturated rings. The SMILES string of the molecule is C=CC1=C(C)C2=CC3=NC(=C4C5=NC(=CC6=NC(=CC1=N2)C(C=O)=C6CC)C(C)=C5C(=O)C4(O)C(=O)OC)C(CCC(=O)OC)C3C. The molecule has 1 N–H and O–H groups in total. The summed E-state index contributed by atoms with van der Waals surface area (Å²) in [5.41, 5.74) is 3.86. The average molecular weight is 635 g/mol. The van der Waals surface area contributed by atoms with Crippen molar-refractivity contribution in [2.24, 2.45) is 31.8 Å². The average Bonchev–Trinajstić information content (AvgIpc) is 3.79. The van der Waals surface area contributed by atoms with Gasteiger partial charge in [0, 0.05) is 35.1 Å². The zero-order valence-corrected chi connectivity index (χ0v) is 27.1. The van der Waals surface area contributed by atoms with Crippen LogP contribution in [0.5, 0.6) is 0 Å². The molecule has 8 bridgehead atoms. The first-order valence-electron chi connectivity index (χ1n) is 15.4.